The minimum absolute atomic E-state index is 0.0234. The second kappa shape index (κ2) is 8.94. The molecule has 2 aliphatic heterocycles. The molecule has 1 amide bonds. The first kappa shape index (κ1) is 21.6. The molecule has 0 spiro atoms. The number of nitrogens with zero attached hydrogens (tertiary/aromatic N) is 1. The molecule has 3 aromatic carbocycles. The summed E-state index contributed by atoms with van der Waals surface area (Å²) in [7, 11) is 0. The molecule has 7 heteroatoms. The molecule has 1 atom stereocenters. The van der Waals surface area contributed by atoms with Crippen LogP contribution in [-0.4, -0.2) is 36.6 Å². The van der Waals surface area contributed by atoms with E-state index >= 15 is 0 Å². The Morgan fingerprint density at radius 1 is 0.971 bits per heavy atom. The van der Waals surface area contributed by atoms with Gasteiger partial charge in [-0.3, -0.25) is 14.5 Å². The molecule has 0 aliphatic carbocycles. The van der Waals surface area contributed by atoms with Gasteiger partial charge in [0.15, 0.2) is 11.5 Å². The van der Waals surface area contributed by atoms with E-state index in [1.54, 1.807) is 42.5 Å². The van der Waals surface area contributed by atoms with Crippen molar-refractivity contribution in [2.45, 2.75) is 13.0 Å². The molecule has 172 valence electrons. The highest BCUT2D eigenvalue weighted by Gasteiger charge is 2.47. The average Bonchev–Trinajstić information content (AvgIpc) is 3.15. The van der Waals surface area contributed by atoms with Crippen LogP contribution in [0.1, 0.15) is 24.1 Å². The van der Waals surface area contributed by atoms with E-state index in [0.29, 0.717) is 53.9 Å². The number of hydrogen-bond acceptors (Lipinski definition) is 6. The molecule has 0 aromatic heterocycles. The van der Waals surface area contributed by atoms with E-state index in [2.05, 4.69) is 0 Å². The van der Waals surface area contributed by atoms with E-state index in [4.69, 9.17) is 14.2 Å². The summed E-state index contributed by atoms with van der Waals surface area (Å²) in [6.07, 6.45) is 0. The van der Waals surface area contributed by atoms with E-state index < -0.39 is 17.7 Å². The number of carbonyl (C=O) groups is 2. The largest absolute Gasteiger partial charge is 0.507 e. The van der Waals surface area contributed by atoms with Crippen LogP contribution >= 0.6 is 0 Å². The van der Waals surface area contributed by atoms with Crippen LogP contribution in [0.5, 0.6) is 17.2 Å². The van der Waals surface area contributed by atoms with Crippen molar-refractivity contribution in [1.82, 2.24) is 0 Å². The number of rotatable bonds is 5. The number of aliphatic hydroxyl groups is 1. The van der Waals surface area contributed by atoms with E-state index in [1.165, 1.54) is 4.90 Å². The quantitative estimate of drug-likeness (QED) is 0.345. The number of amides is 1. The topological polar surface area (TPSA) is 85.3 Å². The lowest BCUT2D eigenvalue weighted by molar-refractivity contribution is -0.132. The first-order chi connectivity index (χ1) is 16.6. The second-order valence-corrected chi connectivity index (χ2v) is 7.87. The first-order valence-electron chi connectivity index (χ1n) is 11.1. The monoisotopic (exact) mass is 457 g/mol. The molecule has 2 aliphatic rings. The molecule has 3 aromatic rings. The fourth-order valence-corrected chi connectivity index (χ4v) is 4.26. The first-order valence-corrected chi connectivity index (χ1v) is 11.1. The molecule has 2 heterocycles. The third-order valence-corrected chi connectivity index (χ3v) is 5.80. The predicted octanol–water partition coefficient (Wildman–Crippen LogP) is 4.48. The summed E-state index contributed by atoms with van der Waals surface area (Å²) in [4.78, 5) is 27.9. The SMILES string of the molecule is CCOc1ccc(/C(O)=C2\C(=O)C(=O)N(c3ccc4c(c3)OCCO4)C2c2ccccc2)cc1. The van der Waals surface area contributed by atoms with Crippen LogP contribution in [-0.2, 0) is 9.59 Å². The Labute approximate surface area is 196 Å². The van der Waals surface area contributed by atoms with Gasteiger partial charge >= 0.3 is 0 Å². The standard InChI is InChI=1S/C27H23NO6/c1-2-32-20-11-8-18(9-12-20)25(29)23-24(17-6-4-3-5-7-17)28(27(31)26(23)30)19-10-13-21-22(16-19)34-15-14-33-21/h3-13,16,24,29H,2,14-15H2,1H3/b25-23+. The Hall–Kier alpha value is -4.26. The number of benzene rings is 3. The van der Waals surface area contributed by atoms with Crippen molar-refractivity contribution in [3.8, 4) is 17.2 Å². The van der Waals surface area contributed by atoms with Gasteiger partial charge in [0, 0.05) is 17.3 Å². The Morgan fingerprint density at radius 2 is 1.68 bits per heavy atom. The molecule has 5 rings (SSSR count). The zero-order chi connectivity index (χ0) is 23.7. The van der Waals surface area contributed by atoms with Gasteiger partial charge in [0.05, 0.1) is 18.2 Å². The van der Waals surface area contributed by atoms with Gasteiger partial charge in [-0.2, -0.15) is 0 Å². The summed E-state index contributed by atoms with van der Waals surface area (Å²) < 4.78 is 16.7. The van der Waals surface area contributed by atoms with E-state index in [9.17, 15) is 14.7 Å². The maximum absolute atomic E-state index is 13.3. The lowest BCUT2D eigenvalue weighted by Crippen LogP contribution is -2.29. The molecule has 1 saturated heterocycles. The highest BCUT2D eigenvalue weighted by molar-refractivity contribution is 6.51. The molecule has 0 radical (unpaired) electrons. The lowest BCUT2D eigenvalue weighted by atomic mass is 9.95. The number of fused-ring (bicyclic) bond motifs is 1. The maximum Gasteiger partial charge on any atom is 0.300 e. The van der Waals surface area contributed by atoms with Crippen molar-refractivity contribution in [1.29, 1.82) is 0 Å². The predicted molar refractivity (Wildman–Crippen MR) is 126 cm³/mol. The van der Waals surface area contributed by atoms with Gasteiger partial charge in [0.25, 0.3) is 11.7 Å². The number of aliphatic hydroxyl groups excluding tert-OH is 1. The van der Waals surface area contributed by atoms with E-state index in [0.717, 1.165) is 0 Å². The van der Waals surface area contributed by atoms with Crippen LogP contribution in [0.15, 0.2) is 78.4 Å². The second-order valence-electron chi connectivity index (χ2n) is 7.87. The highest BCUT2D eigenvalue weighted by atomic mass is 16.6. The van der Waals surface area contributed by atoms with Gasteiger partial charge in [-0.05, 0) is 48.9 Å². The summed E-state index contributed by atoms with van der Waals surface area (Å²) >= 11 is 0. The van der Waals surface area contributed by atoms with Gasteiger partial charge in [-0.1, -0.05) is 30.3 Å². The van der Waals surface area contributed by atoms with Crippen molar-refractivity contribution in [3.63, 3.8) is 0 Å². The lowest BCUT2D eigenvalue weighted by Gasteiger charge is -2.27. The number of Topliss-reactive ketones (excluding diaryl/α,β-unsaturated/α-hetero) is 1. The van der Waals surface area contributed by atoms with Gasteiger partial charge in [0.1, 0.15) is 24.7 Å². The van der Waals surface area contributed by atoms with Gasteiger partial charge in [-0.25, -0.2) is 0 Å². The number of ketones is 1. The van der Waals surface area contributed by atoms with E-state index in [-0.39, 0.29) is 11.3 Å². The molecular formula is C27H23NO6. The van der Waals surface area contributed by atoms with Crippen molar-refractivity contribution in [3.05, 3.63) is 89.5 Å². The molecule has 34 heavy (non-hydrogen) atoms. The summed E-state index contributed by atoms with van der Waals surface area (Å²) in [5, 5.41) is 11.2. The van der Waals surface area contributed by atoms with Crippen LogP contribution in [0.3, 0.4) is 0 Å². The minimum Gasteiger partial charge on any atom is -0.507 e. The van der Waals surface area contributed by atoms with Crippen molar-refractivity contribution in [2.75, 3.05) is 24.7 Å². The van der Waals surface area contributed by atoms with Gasteiger partial charge in [-0.15, -0.1) is 0 Å². The third kappa shape index (κ3) is 3.75. The summed E-state index contributed by atoms with van der Waals surface area (Å²) in [6.45, 7) is 3.24. The smallest absolute Gasteiger partial charge is 0.300 e. The number of carbonyl (C=O) groups excluding carboxylic acids is 2. The summed E-state index contributed by atoms with van der Waals surface area (Å²) in [6, 6.07) is 20.2. The molecular weight excluding hydrogens is 434 g/mol. The molecule has 1 fully saturated rings. The van der Waals surface area contributed by atoms with Crippen LogP contribution in [0, 0.1) is 0 Å². The number of ether oxygens (including phenoxy) is 3. The van der Waals surface area contributed by atoms with E-state index in [1.807, 2.05) is 37.3 Å². The van der Waals surface area contributed by atoms with Crippen LogP contribution in [0.2, 0.25) is 0 Å². The normalized spacial score (nSPS) is 18.7. The zero-order valence-corrected chi connectivity index (χ0v) is 18.6. The molecule has 1 unspecified atom stereocenters. The fraction of sp³-hybridized carbons (Fsp3) is 0.185. The van der Waals surface area contributed by atoms with Crippen LogP contribution in [0.25, 0.3) is 5.76 Å². The Morgan fingerprint density at radius 3 is 2.38 bits per heavy atom. The van der Waals surface area contributed by atoms with Crippen LogP contribution < -0.4 is 19.1 Å². The number of hydrogen-bond donors (Lipinski definition) is 1. The Balaban J connectivity index is 1.64. The van der Waals surface area contributed by atoms with Crippen molar-refractivity contribution < 1.29 is 28.9 Å². The molecule has 0 bridgehead atoms. The highest BCUT2D eigenvalue weighted by Crippen LogP contribution is 2.44. The minimum atomic E-state index is -0.810. The molecule has 7 nitrogen and oxygen atoms in total. The Kier molecular flexibility index (Phi) is 5.67. The summed E-state index contributed by atoms with van der Waals surface area (Å²) in [5.41, 5.74) is 1.62. The maximum atomic E-state index is 13.3. The average molecular weight is 457 g/mol. The van der Waals surface area contributed by atoms with Gasteiger partial charge in [0.2, 0.25) is 0 Å². The zero-order valence-electron chi connectivity index (χ0n) is 18.6. The molecule has 1 N–H and O–H groups in total. The fourth-order valence-electron chi connectivity index (χ4n) is 4.26. The van der Waals surface area contributed by atoms with Gasteiger partial charge < -0.3 is 19.3 Å². The summed E-state index contributed by atoms with van der Waals surface area (Å²) in [5.74, 6) is 0.0139. The van der Waals surface area contributed by atoms with Crippen molar-refractivity contribution >= 4 is 23.1 Å². The third-order valence-electron chi connectivity index (χ3n) is 5.80. The number of anilines is 1. The Bertz CT molecular complexity index is 1270. The van der Waals surface area contributed by atoms with Crippen molar-refractivity contribution in [2.24, 2.45) is 0 Å². The van der Waals surface area contributed by atoms with Crippen LogP contribution in [0.4, 0.5) is 5.69 Å². The molecule has 0 saturated carbocycles.